The summed E-state index contributed by atoms with van der Waals surface area (Å²) in [5.74, 6) is 0.828. The van der Waals surface area contributed by atoms with Gasteiger partial charge in [-0.2, -0.15) is 5.10 Å². The highest BCUT2D eigenvalue weighted by atomic mass is 15.2. The van der Waals surface area contributed by atoms with Gasteiger partial charge in [0.15, 0.2) is 0 Å². The highest BCUT2D eigenvalue weighted by Crippen LogP contribution is 1.97. The summed E-state index contributed by atoms with van der Waals surface area (Å²) in [7, 11) is 0. The minimum Gasteiger partial charge on any atom is -0.369 e. The Hall–Kier alpha value is -1.16. The molecule has 4 heteroatoms. The van der Waals surface area contributed by atoms with Gasteiger partial charge in [-0.05, 0) is 31.5 Å². The van der Waals surface area contributed by atoms with E-state index in [-0.39, 0.29) is 0 Å². The third-order valence-corrected chi connectivity index (χ3v) is 1.51. The van der Waals surface area contributed by atoms with Crippen LogP contribution in [0.5, 0.6) is 0 Å². The summed E-state index contributed by atoms with van der Waals surface area (Å²) in [4.78, 5) is 0. The van der Waals surface area contributed by atoms with Gasteiger partial charge in [-0.25, -0.2) is 0 Å². The van der Waals surface area contributed by atoms with E-state index in [1.807, 2.05) is 12.1 Å². The first kappa shape index (κ1) is 8.93. The van der Waals surface area contributed by atoms with Crippen LogP contribution < -0.4 is 11.1 Å². The Labute approximate surface area is 72.2 Å². The molecular weight excluding hydrogens is 152 g/mol. The molecule has 0 aliphatic rings. The molecule has 0 aromatic carbocycles. The van der Waals surface area contributed by atoms with Crippen molar-refractivity contribution in [3.8, 4) is 0 Å². The molecule has 0 aliphatic carbocycles. The highest BCUT2D eigenvalue weighted by molar-refractivity contribution is 5.30. The lowest BCUT2D eigenvalue weighted by Gasteiger charge is -2.02. The second-order valence-electron chi connectivity index (χ2n) is 2.53. The van der Waals surface area contributed by atoms with Gasteiger partial charge in [0.2, 0.25) is 0 Å². The summed E-state index contributed by atoms with van der Waals surface area (Å²) < 4.78 is 0. The van der Waals surface area contributed by atoms with E-state index in [4.69, 9.17) is 5.73 Å². The maximum absolute atomic E-state index is 5.35. The average Bonchev–Trinajstić information content (AvgIpc) is 2.14. The Morgan fingerprint density at radius 2 is 2.33 bits per heavy atom. The molecule has 1 aromatic heterocycles. The topological polar surface area (TPSA) is 63.8 Å². The SMILES string of the molecule is NCCCCNc1cccnn1. The number of hydrogen-bond donors (Lipinski definition) is 2. The van der Waals surface area contributed by atoms with E-state index in [1.165, 1.54) is 0 Å². The van der Waals surface area contributed by atoms with Crippen LogP contribution >= 0.6 is 0 Å². The molecule has 0 atom stereocenters. The van der Waals surface area contributed by atoms with E-state index >= 15 is 0 Å². The van der Waals surface area contributed by atoms with Crippen LogP contribution in [0.2, 0.25) is 0 Å². The number of nitrogens with one attached hydrogen (secondary N) is 1. The molecule has 4 nitrogen and oxygen atoms in total. The molecule has 0 saturated heterocycles. The number of nitrogens with zero attached hydrogens (tertiary/aromatic N) is 2. The normalized spacial score (nSPS) is 9.75. The van der Waals surface area contributed by atoms with Crippen LogP contribution in [0, 0.1) is 0 Å². The molecule has 0 amide bonds. The second kappa shape index (κ2) is 5.49. The van der Waals surface area contributed by atoms with Gasteiger partial charge >= 0.3 is 0 Å². The molecule has 0 spiro atoms. The number of aromatic nitrogens is 2. The molecule has 12 heavy (non-hydrogen) atoms. The van der Waals surface area contributed by atoms with E-state index < -0.39 is 0 Å². The summed E-state index contributed by atoms with van der Waals surface area (Å²) >= 11 is 0. The molecule has 0 bridgehead atoms. The molecule has 0 fully saturated rings. The molecule has 0 aliphatic heterocycles. The largest absolute Gasteiger partial charge is 0.369 e. The van der Waals surface area contributed by atoms with E-state index in [9.17, 15) is 0 Å². The number of nitrogens with two attached hydrogens (primary N) is 1. The van der Waals surface area contributed by atoms with Gasteiger partial charge in [-0.15, -0.1) is 5.10 Å². The Bertz CT molecular complexity index is 199. The molecule has 3 N–H and O–H groups in total. The van der Waals surface area contributed by atoms with Gasteiger partial charge in [-0.1, -0.05) is 0 Å². The van der Waals surface area contributed by atoms with Crippen molar-refractivity contribution in [3.05, 3.63) is 18.3 Å². The maximum Gasteiger partial charge on any atom is 0.148 e. The van der Waals surface area contributed by atoms with Crippen molar-refractivity contribution < 1.29 is 0 Å². The van der Waals surface area contributed by atoms with Crippen molar-refractivity contribution in [3.63, 3.8) is 0 Å². The molecule has 1 aromatic rings. The highest BCUT2D eigenvalue weighted by Gasteiger charge is 1.90. The fourth-order valence-corrected chi connectivity index (χ4v) is 0.882. The van der Waals surface area contributed by atoms with Gasteiger partial charge in [-0.3, -0.25) is 0 Å². The van der Waals surface area contributed by atoms with Crippen molar-refractivity contribution in [2.24, 2.45) is 5.73 Å². The quantitative estimate of drug-likeness (QED) is 0.630. The zero-order chi connectivity index (χ0) is 8.65. The zero-order valence-corrected chi connectivity index (χ0v) is 7.03. The van der Waals surface area contributed by atoms with Crippen LogP contribution in [0.25, 0.3) is 0 Å². The summed E-state index contributed by atoms with van der Waals surface area (Å²) in [5.41, 5.74) is 5.35. The summed E-state index contributed by atoms with van der Waals surface area (Å²) in [6.07, 6.45) is 3.78. The lowest BCUT2D eigenvalue weighted by molar-refractivity contribution is 0.770. The average molecular weight is 166 g/mol. The molecule has 66 valence electrons. The van der Waals surface area contributed by atoms with E-state index in [0.29, 0.717) is 0 Å². The van der Waals surface area contributed by atoms with Crippen molar-refractivity contribution in [2.45, 2.75) is 12.8 Å². The van der Waals surface area contributed by atoms with Gasteiger partial charge in [0.25, 0.3) is 0 Å². The molecule has 1 heterocycles. The molecule has 0 saturated carbocycles. The van der Waals surface area contributed by atoms with Crippen molar-refractivity contribution in [1.82, 2.24) is 10.2 Å². The second-order valence-corrected chi connectivity index (χ2v) is 2.53. The smallest absolute Gasteiger partial charge is 0.148 e. The number of rotatable bonds is 5. The van der Waals surface area contributed by atoms with Gasteiger partial charge in [0.05, 0.1) is 0 Å². The van der Waals surface area contributed by atoms with Crippen LogP contribution in [-0.4, -0.2) is 23.3 Å². The summed E-state index contributed by atoms with van der Waals surface area (Å²) in [6.45, 7) is 1.66. The van der Waals surface area contributed by atoms with Gasteiger partial charge < -0.3 is 11.1 Å². The van der Waals surface area contributed by atoms with Crippen molar-refractivity contribution >= 4 is 5.82 Å². The standard InChI is InChI=1S/C8H14N4/c9-5-1-2-6-10-8-4-3-7-11-12-8/h3-4,7H,1-2,5-6,9H2,(H,10,12). The van der Waals surface area contributed by atoms with Crippen LogP contribution in [-0.2, 0) is 0 Å². The Morgan fingerprint density at radius 3 is 3.00 bits per heavy atom. The fourth-order valence-electron chi connectivity index (χ4n) is 0.882. The molecule has 0 unspecified atom stereocenters. The number of anilines is 1. The zero-order valence-electron chi connectivity index (χ0n) is 7.03. The monoisotopic (exact) mass is 166 g/mol. The maximum atomic E-state index is 5.35. The Morgan fingerprint density at radius 1 is 1.42 bits per heavy atom. The first-order valence-electron chi connectivity index (χ1n) is 4.15. The number of hydrogen-bond acceptors (Lipinski definition) is 4. The third-order valence-electron chi connectivity index (χ3n) is 1.51. The third kappa shape index (κ3) is 3.30. The predicted molar refractivity (Wildman–Crippen MR) is 48.8 cm³/mol. The van der Waals surface area contributed by atoms with Crippen LogP contribution in [0.3, 0.4) is 0 Å². The first-order chi connectivity index (χ1) is 5.93. The molecular formula is C8H14N4. The van der Waals surface area contributed by atoms with E-state index in [2.05, 4.69) is 15.5 Å². The summed E-state index contributed by atoms with van der Waals surface area (Å²) in [6, 6.07) is 3.76. The molecule has 0 radical (unpaired) electrons. The lowest BCUT2D eigenvalue weighted by atomic mass is 10.3. The fraction of sp³-hybridized carbons (Fsp3) is 0.500. The van der Waals surface area contributed by atoms with Crippen LogP contribution in [0.15, 0.2) is 18.3 Å². The van der Waals surface area contributed by atoms with E-state index in [0.717, 1.165) is 31.7 Å². The van der Waals surface area contributed by atoms with E-state index in [1.54, 1.807) is 6.20 Å². The first-order valence-corrected chi connectivity index (χ1v) is 4.15. The Balaban J connectivity index is 2.16. The van der Waals surface area contributed by atoms with Crippen molar-refractivity contribution in [2.75, 3.05) is 18.4 Å². The predicted octanol–water partition coefficient (Wildman–Crippen LogP) is 0.627. The van der Waals surface area contributed by atoms with Crippen molar-refractivity contribution in [1.29, 1.82) is 0 Å². The molecule has 1 rings (SSSR count). The Kier molecular flexibility index (Phi) is 4.08. The lowest BCUT2D eigenvalue weighted by Crippen LogP contribution is -2.06. The summed E-state index contributed by atoms with van der Waals surface area (Å²) in [5, 5.41) is 10.8. The van der Waals surface area contributed by atoms with Gasteiger partial charge in [0, 0.05) is 12.7 Å². The van der Waals surface area contributed by atoms with Gasteiger partial charge in [0.1, 0.15) is 5.82 Å². The van der Waals surface area contributed by atoms with Crippen LogP contribution in [0.4, 0.5) is 5.82 Å². The van der Waals surface area contributed by atoms with Crippen LogP contribution in [0.1, 0.15) is 12.8 Å². The number of unbranched alkanes of at least 4 members (excludes halogenated alkanes) is 1. The minimum atomic E-state index is 0.752. The minimum absolute atomic E-state index is 0.752.